The van der Waals surface area contributed by atoms with Crippen molar-refractivity contribution in [3.8, 4) is 17.5 Å². The molecule has 0 aliphatic heterocycles. The van der Waals surface area contributed by atoms with Crippen molar-refractivity contribution in [2.75, 3.05) is 19.4 Å². The van der Waals surface area contributed by atoms with Gasteiger partial charge in [0, 0.05) is 26.1 Å². The summed E-state index contributed by atoms with van der Waals surface area (Å²) in [5.41, 5.74) is 1.01. The van der Waals surface area contributed by atoms with Crippen LogP contribution in [0.1, 0.15) is 43.6 Å². The summed E-state index contributed by atoms with van der Waals surface area (Å²) in [4.78, 5) is 31.3. The van der Waals surface area contributed by atoms with Gasteiger partial charge in [0.15, 0.2) is 11.4 Å². The zero-order chi connectivity index (χ0) is 28.1. The van der Waals surface area contributed by atoms with Crippen LogP contribution in [0.4, 0.5) is 17.1 Å². The molecule has 3 rings (SSSR count). The molecule has 0 atom stereocenters. The molecule has 3 aromatic rings. The lowest BCUT2D eigenvalue weighted by Gasteiger charge is -2.15. The van der Waals surface area contributed by atoms with Crippen molar-refractivity contribution in [1.29, 1.82) is 0 Å². The van der Waals surface area contributed by atoms with Crippen LogP contribution in [0.5, 0.6) is 17.5 Å². The lowest BCUT2D eigenvalue weighted by Crippen LogP contribution is -2.38. The highest BCUT2D eigenvalue weighted by Gasteiger charge is 2.27. The third-order valence-corrected chi connectivity index (χ3v) is 5.73. The van der Waals surface area contributed by atoms with Crippen molar-refractivity contribution in [3.63, 3.8) is 0 Å². The number of benzene rings is 2. The molecule has 10 heteroatoms. The largest absolute Gasteiger partial charge is 0.505 e. The monoisotopic (exact) mass is 521 g/mol. The van der Waals surface area contributed by atoms with Gasteiger partial charge in [0.25, 0.3) is 11.8 Å². The molecule has 0 aliphatic carbocycles. The van der Waals surface area contributed by atoms with E-state index in [4.69, 9.17) is 0 Å². The van der Waals surface area contributed by atoms with Crippen LogP contribution >= 0.6 is 0 Å². The van der Waals surface area contributed by atoms with Gasteiger partial charge in [-0.3, -0.25) is 14.2 Å². The Morgan fingerprint density at radius 3 is 2.18 bits per heavy atom. The number of rotatable bonds is 9. The summed E-state index contributed by atoms with van der Waals surface area (Å²) < 4.78 is 1.25. The fourth-order valence-electron chi connectivity index (χ4n) is 3.81. The van der Waals surface area contributed by atoms with Crippen LogP contribution in [-0.4, -0.2) is 62.4 Å². The molecule has 0 fully saturated rings. The van der Waals surface area contributed by atoms with E-state index in [0.717, 1.165) is 5.56 Å². The van der Waals surface area contributed by atoms with Crippen molar-refractivity contribution in [2.24, 2.45) is 10.9 Å². The first-order valence-corrected chi connectivity index (χ1v) is 12.3. The second-order valence-electron chi connectivity index (χ2n) is 9.75. The number of nitrogens with zero attached hydrogens (tertiary/aromatic N) is 3. The molecule has 202 valence electrons. The number of carbonyl (C=O) groups is 2. The Bertz CT molecular complexity index is 1340. The topological polar surface area (TPSA) is 139 Å². The van der Waals surface area contributed by atoms with Gasteiger partial charge in [-0.2, -0.15) is 0 Å². The Hall–Kier alpha value is -4.47. The molecule has 2 amide bonds. The zero-order valence-electron chi connectivity index (χ0n) is 22.5. The van der Waals surface area contributed by atoms with Crippen molar-refractivity contribution in [3.05, 3.63) is 59.7 Å². The minimum Gasteiger partial charge on any atom is -0.505 e. The van der Waals surface area contributed by atoms with Gasteiger partial charge in [0.05, 0.1) is 17.8 Å². The van der Waals surface area contributed by atoms with Gasteiger partial charge in [0.2, 0.25) is 11.8 Å². The number of hydrogen-bond acceptors (Lipinski definition) is 7. The van der Waals surface area contributed by atoms with Crippen molar-refractivity contribution < 1.29 is 24.9 Å². The maximum Gasteiger partial charge on any atom is 0.266 e. The number of hydrogen-bond donors (Lipinski definition) is 5. The van der Waals surface area contributed by atoms with Crippen LogP contribution in [0.2, 0.25) is 0 Å². The minimum atomic E-state index is -0.412. The molecule has 0 saturated heterocycles. The Balaban J connectivity index is 2.20. The van der Waals surface area contributed by atoms with E-state index < -0.39 is 11.8 Å². The van der Waals surface area contributed by atoms with Crippen LogP contribution in [-0.2, 0) is 11.3 Å². The normalized spacial score (nSPS) is 11.6. The fourth-order valence-corrected chi connectivity index (χ4v) is 3.81. The van der Waals surface area contributed by atoms with Crippen LogP contribution in [0, 0.1) is 5.92 Å². The number of aromatic hydroxyl groups is 3. The molecule has 0 saturated carbocycles. The Morgan fingerprint density at radius 1 is 0.947 bits per heavy atom. The highest BCUT2D eigenvalue weighted by Crippen LogP contribution is 2.48. The summed E-state index contributed by atoms with van der Waals surface area (Å²) in [6, 6.07) is 13.7. The van der Waals surface area contributed by atoms with Gasteiger partial charge in [-0.15, -0.1) is 0 Å². The summed E-state index contributed by atoms with van der Waals surface area (Å²) in [7, 11) is 3.13. The summed E-state index contributed by atoms with van der Waals surface area (Å²) in [6.07, 6.45) is 0. The van der Waals surface area contributed by atoms with Gasteiger partial charge >= 0.3 is 0 Å². The number of amides is 2. The third kappa shape index (κ3) is 6.08. The number of phenols is 1. The van der Waals surface area contributed by atoms with Crippen molar-refractivity contribution >= 4 is 34.6 Å². The van der Waals surface area contributed by atoms with Crippen LogP contribution in [0.15, 0.2) is 53.5 Å². The molecule has 0 bridgehead atoms. The molecule has 5 N–H and O–H groups in total. The second-order valence-corrected chi connectivity index (χ2v) is 9.75. The average Bonchev–Trinajstić information content (AvgIpc) is 3.06. The number of phenolic OH excluding ortho intramolecular Hbond substituents is 1. The second kappa shape index (κ2) is 11.7. The lowest BCUT2D eigenvalue weighted by molar-refractivity contribution is -0.115. The summed E-state index contributed by atoms with van der Waals surface area (Å²) in [6.45, 7) is 7.36. The molecular formula is C28H35N5O5. The third-order valence-electron chi connectivity index (χ3n) is 5.73. The zero-order valence-corrected chi connectivity index (χ0v) is 22.5. The van der Waals surface area contributed by atoms with E-state index in [1.165, 1.54) is 21.6 Å². The van der Waals surface area contributed by atoms with Crippen LogP contribution in [0.3, 0.4) is 0 Å². The molecule has 10 nitrogen and oxygen atoms in total. The molecule has 0 radical (unpaired) electrons. The van der Waals surface area contributed by atoms with E-state index in [1.54, 1.807) is 34.0 Å². The number of aliphatic imine (C=N–C) groups is 1. The average molecular weight is 522 g/mol. The number of anilines is 2. The highest BCUT2D eigenvalue weighted by molar-refractivity contribution is 6.40. The van der Waals surface area contributed by atoms with Crippen LogP contribution < -0.4 is 10.6 Å². The summed E-state index contributed by atoms with van der Waals surface area (Å²) >= 11 is 0. The predicted molar refractivity (Wildman–Crippen MR) is 148 cm³/mol. The summed E-state index contributed by atoms with van der Waals surface area (Å²) in [5, 5.41) is 39.0. The van der Waals surface area contributed by atoms with E-state index >= 15 is 0 Å². The van der Waals surface area contributed by atoms with Gasteiger partial charge in [0.1, 0.15) is 11.4 Å². The Morgan fingerprint density at radius 2 is 1.61 bits per heavy atom. The van der Waals surface area contributed by atoms with E-state index in [0.29, 0.717) is 0 Å². The Labute approximate surface area is 222 Å². The molecule has 2 aromatic carbocycles. The standard InChI is InChI=1S/C28H35N5O5/c1-16(2)21(25(35)29-17(3)4)31-23-22(27(37)33(28(23)38)15-18-11-8-7-9-12-18)30-20-14-10-13-19(24(20)34)26(36)32(5)6/h7-14,16-17,30,34,37-38H,15H2,1-6H3,(H,29,35). The van der Waals surface area contributed by atoms with E-state index in [9.17, 15) is 24.9 Å². The van der Waals surface area contributed by atoms with Gasteiger partial charge in [-0.05, 0) is 31.5 Å². The lowest BCUT2D eigenvalue weighted by atomic mass is 10.1. The molecule has 0 unspecified atom stereocenters. The summed E-state index contributed by atoms with van der Waals surface area (Å²) in [5.74, 6) is -2.19. The minimum absolute atomic E-state index is 0.0290. The number of carbonyl (C=O) groups excluding carboxylic acids is 2. The highest BCUT2D eigenvalue weighted by atomic mass is 16.3. The molecule has 1 aromatic heterocycles. The molecule has 1 heterocycles. The van der Waals surface area contributed by atoms with Gasteiger partial charge in [-0.25, -0.2) is 4.99 Å². The number of nitrogens with one attached hydrogen (secondary N) is 2. The molecule has 0 spiro atoms. The molecular weight excluding hydrogens is 486 g/mol. The smallest absolute Gasteiger partial charge is 0.266 e. The maximum absolute atomic E-state index is 12.9. The van der Waals surface area contributed by atoms with E-state index in [-0.39, 0.29) is 64.4 Å². The number of para-hydroxylation sites is 1. The SMILES string of the molecule is CC(C)NC(=O)C(=Nc1c(Nc2cccc(C(=O)N(C)C)c2O)c(O)n(Cc2ccccc2)c1O)C(C)C. The van der Waals surface area contributed by atoms with Gasteiger partial charge in [-0.1, -0.05) is 50.2 Å². The van der Waals surface area contributed by atoms with Crippen molar-refractivity contribution in [1.82, 2.24) is 14.8 Å². The first kappa shape index (κ1) is 28.1. The van der Waals surface area contributed by atoms with Crippen molar-refractivity contribution in [2.45, 2.75) is 40.3 Å². The molecule has 0 aliphatic rings. The number of aromatic nitrogens is 1. The molecule has 38 heavy (non-hydrogen) atoms. The van der Waals surface area contributed by atoms with Gasteiger partial charge < -0.3 is 30.9 Å². The van der Waals surface area contributed by atoms with E-state index in [1.807, 2.05) is 44.2 Å². The first-order chi connectivity index (χ1) is 17.9. The van der Waals surface area contributed by atoms with Crippen LogP contribution in [0.25, 0.3) is 0 Å². The Kier molecular flexibility index (Phi) is 8.67. The van der Waals surface area contributed by atoms with E-state index in [2.05, 4.69) is 15.6 Å². The fraction of sp³-hybridized carbons (Fsp3) is 0.321. The maximum atomic E-state index is 12.9. The quantitative estimate of drug-likeness (QED) is 0.210. The predicted octanol–water partition coefficient (Wildman–Crippen LogP) is 4.35. The first-order valence-electron chi connectivity index (χ1n) is 12.3.